The van der Waals surface area contributed by atoms with Crippen molar-refractivity contribution in [1.29, 1.82) is 0 Å². The van der Waals surface area contributed by atoms with Gasteiger partial charge in [0.2, 0.25) is 11.9 Å². The normalized spacial score (nSPS) is 19.3. The standard InChI is InChI=1S/C19H31N5O/c25-18(16-8-4-3-5-9-16)20-12-13-22-19-21-11-10-17(23-19)24-14-6-1-2-7-15-24/h10-11,16H,1-9,12-15H2,(H,20,25)(H,21,22,23). The Bertz CT molecular complexity index is 536. The molecule has 3 rings (SSSR count). The number of nitrogens with one attached hydrogen (secondary N) is 2. The second kappa shape index (κ2) is 9.59. The Morgan fingerprint density at radius 2 is 1.76 bits per heavy atom. The van der Waals surface area contributed by atoms with E-state index >= 15 is 0 Å². The zero-order valence-electron chi connectivity index (χ0n) is 15.2. The Labute approximate surface area is 150 Å². The molecule has 1 aliphatic heterocycles. The van der Waals surface area contributed by atoms with Gasteiger partial charge in [0.1, 0.15) is 5.82 Å². The smallest absolute Gasteiger partial charge is 0.224 e. The molecule has 1 aromatic heterocycles. The monoisotopic (exact) mass is 345 g/mol. The van der Waals surface area contributed by atoms with Crippen LogP contribution in [0, 0.1) is 5.92 Å². The van der Waals surface area contributed by atoms with E-state index in [1.165, 1.54) is 44.9 Å². The largest absolute Gasteiger partial charge is 0.356 e. The molecule has 1 saturated carbocycles. The third kappa shape index (κ3) is 5.58. The number of amides is 1. The summed E-state index contributed by atoms with van der Waals surface area (Å²) in [5.41, 5.74) is 0. The Morgan fingerprint density at radius 3 is 2.52 bits per heavy atom. The topological polar surface area (TPSA) is 70.2 Å². The summed E-state index contributed by atoms with van der Waals surface area (Å²) in [4.78, 5) is 23.4. The van der Waals surface area contributed by atoms with E-state index in [0.29, 0.717) is 19.0 Å². The lowest BCUT2D eigenvalue weighted by Gasteiger charge is -2.22. The summed E-state index contributed by atoms with van der Waals surface area (Å²) in [5, 5.41) is 6.28. The molecule has 0 unspecified atom stereocenters. The van der Waals surface area contributed by atoms with Crippen molar-refractivity contribution < 1.29 is 4.79 Å². The molecule has 0 aromatic carbocycles. The number of aromatic nitrogens is 2. The molecular formula is C19H31N5O. The molecule has 2 fully saturated rings. The number of hydrogen-bond donors (Lipinski definition) is 2. The van der Waals surface area contributed by atoms with Crippen LogP contribution in [0.2, 0.25) is 0 Å². The fourth-order valence-corrected chi connectivity index (χ4v) is 3.78. The van der Waals surface area contributed by atoms with Gasteiger partial charge < -0.3 is 15.5 Å². The van der Waals surface area contributed by atoms with Crippen LogP contribution in [0.25, 0.3) is 0 Å². The van der Waals surface area contributed by atoms with Crippen molar-refractivity contribution in [3.63, 3.8) is 0 Å². The summed E-state index contributed by atoms with van der Waals surface area (Å²) < 4.78 is 0. The van der Waals surface area contributed by atoms with Crippen LogP contribution in [0.4, 0.5) is 11.8 Å². The van der Waals surface area contributed by atoms with Crippen LogP contribution >= 0.6 is 0 Å². The molecule has 0 atom stereocenters. The first-order valence-electron chi connectivity index (χ1n) is 9.92. The lowest BCUT2D eigenvalue weighted by Crippen LogP contribution is -2.35. The molecule has 1 aliphatic carbocycles. The highest BCUT2D eigenvalue weighted by molar-refractivity contribution is 5.78. The molecule has 2 heterocycles. The van der Waals surface area contributed by atoms with Crippen molar-refractivity contribution in [2.24, 2.45) is 5.92 Å². The van der Waals surface area contributed by atoms with E-state index in [2.05, 4.69) is 25.5 Å². The maximum absolute atomic E-state index is 12.1. The van der Waals surface area contributed by atoms with Gasteiger partial charge in [-0.2, -0.15) is 4.98 Å². The van der Waals surface area contributed by atoms with Gasteiger partial charge in [0.15, 0.2) is 0 Å². The molecule has 6 heteroatoms. The Balaban J connectivity index is 1.42. The van der Waals surface area contributed by atoms with E-state index in [1.54, 1.807) is 0 Å². The minimum Gasteiger partial charge on any atom is -0.356 e. The second-order valence-electron chi connectivity index (χ2n) is 7.19. The van der Waals surface area contributed by atoms with Gasteiger partial charge in [-0.15, -0.1) is 0 Å². The molecular weight excluding hydrogens is 314 g/mol. The maximum atomic E-state index is 12.1. The van der Waals surface area contributed by atoms with Gasteiger partial charge in [0.25, 0.3) is 0 Å². The molecule has 25 heavy (non-hydrogen) atoms. The lowest BCUT2D eigenvalue weighted by molar-refractivity contribution is -0.125. The van der Waals surface area contributed by atoms with Crippen LogP contribution in [0.5, 0.6) is 0 Å². The fraction of sp³-hybridized carbons (Fsp3) is 0.737. The van der Waals surface area contributed by atoms with Crippen LogP contribution in [-0.2, 0) is 4.79 Å². The van der Waals surface area contributed by atoms with Crippen molar-refractivity contribution in [2.45, 2.75) is 57.8 Å². The number of rotatable bonds is 6. The zero-order valence-corrected chi connectivity index (χ0v) is 15.2. The van der Waals surface area contributed by atoms with Crippen molar-refractivity contribution >= 4 is 17.7 Å². The Kier molecular flexibility index (Phi) is 6.89. The average molecular weight is 345 g/mol. The van der Waals surface area contributed by atoms with Gasteiger partial charge in [-0.3, -0.25) is 4.79 Å². The first-order valence-corrected chi connectivity index (χ1v) is 9.92. The van der Waals surface area contributed by atoms with Crippen LogP contribution in [0.15, 0.2) is 12.3 Å². The molecule has 0 bridgehead atoms. The molecule has 1 aromatic rings. The third-order valence-electron chi connectivity index (χ3n) is 5.25. The molecule has 2 aliphatic rings. The molecule has 1 amide bonds. The molecule has 0 spiro atoms. The van der Waals surface area contributed by atoms with Crippen LogP contribution in [0.3, 0.4) is 0 Å². The first-order chi connectivity index (χ1) is 12.3. The van der Waals surface area contributed by atoms with Gasteiger partial charge >= 0.3 is 0 Å². The molecule has 138 valence electrons. The summed E-state index contributed by atoms with van der Waals surface area (Å²) in [6.45, 7) is 3.43. The molecule has 0 radical (unpaired) electrons. The minimum absolute atomic E-state index is 0.209. The van der Waals surface area contributed by atoms with E-state index in [-0.39, 0.29) is 11.8 Å². The van der Waals surface area contributed by atoms with Crippen molar-refractivity contribution in [3.05, 3.63) is 12.3 Å². The highest BCUT2D eigenvalue weighted by Crippen LogP contribution is 2.23. The van der Waals surface area contributed by atoms with E-state index in [0.717, 1.165) is 31.7 Å². The quantitative estimate of drug-likeness (QED) is 0.776. The van der Waals surface area contributed by atoms with Gasteiger partial charge in [-0.25, -0.2) is 4.98 Å². The number of carbonyl (C=O) groups excluding carboxylic acids is 1. The first kappa shape index (κ1) is 18.0. The van der Waals surface area contributed by atoms with E-state index in [9.17, 15) is 4.79 Å². The number of hydrogen-bond acceptors (Lipinski definition) is 5. The summed E-state index contributed by atoms with van der Waals surface area (Å²) in [6, 6.07) is 1.99. The van der Waals surface area contributed by atoms with Crippen molar-refractivity contribution in [3.8, 4) is 0 Å². The van der Waals surface area contributed by atoms with Crippen molar-refractivity contribution in [2.75, 3.05) is 36.4 Å². The highest BCUT2D eigenvalue weighted by atomic mass is 16.1. The summed E-state index contributed by atoms with van der Waals surface area (Å²) >= 11 is 0. The SMILES string of the molecule is O=C(NCCNc1nccc(N2CCCCCC2)n1)C1CCCCC1. The number of nitrogens with zero attached hydrogens (tertiary/aromatic N) is 3. The molecule has 6 nitrogen and oxygen atoms in total. The summed E-state index contributed by atoms with van der Waals surface area (Å²) in [5.74, 6) is 2.08. The van der Waals surface area contributed by atoms with E-state index in [4.69, 9.17) is 0 Å². The fourth-order valence-electron chi connectivity index (χ4n) is 3.78. The summed E-state index contributed by atoms with van der Waals surface area (Å²) in [6.07, 6.45) is 12.6. The second-order valence-corrected chi connectivity index (χ2v) is 7.19. The number of carbonyl (C=O) groups is 1. The minimum atomic E-state index is 0.209. The predicted molar refractivity (Wildman–Crippen MR) is 101 cm³/mol. The van der Waals surface area contributed by atoms with Gasteiger partial charge in [-0.1, -0.05) is 32.1 Å². The Morgan fingerprint density at radius 1 is 1.04 bits per heavy atom. The molecule has 2 N–H and O–H groups in total. The number of anilines is 2. The van der Waals surface area contributed by atoms with Crippen molar-refractivity contribution in [1.82, 2.24) is 15.3 Å². The van der Waals surface area contributed by atoms with Crippen LogP contribution in [0.1, 0.15) is 57.8 Å². The zero-order chi connectivity index (χ0) is 17.3. The highest BCUT2D eigenvalue weighted by Gasteiger charge is 2.20. The molecule has 1 saturated heterocycles. The van der Waals surface area contributed by atoms with Crippen LogP contribution in [-0.4, -0.2) is 42.1 Å². The van der Waals surface area contributed by atoms with Crippen LogP contribution < -0.4 is 15.5 Å². The van der Waals surface area contributed by atoms with E-state index in [1.807, 2.05) is 12.3 Å². The lowest BCUT2D eigenvalue weighted by atomic mass is 9.89. The van der Waals surface area contributed by atoms with Gasteiger partial charge in [-0.05, 0) is 31.7 Å². The predicted octanol–water partition coefficient (Wildman–Crippen LogP) is 2.97. The van der Waals surface area contributed by atoms with Gasteiger partial charge in [0.05, 0.1) is 0 Å². The average Bonchev–Trinajstić information content (AvgIpc) is 2.95. The Hall–Kier alpha value is -1.85. The van der Waals surface area contributed by atoms with Gasteiger partial charge in [0, 0.05) is 38.3 Å². The third-order valence-corrected chi connectivity index (χ3v) is 5.25. The maximum Gasteiger partial charge on any atom is 0.224 e. The van der Waals surface area contributed by atoms with E-state index < -0.39 is 0 Å². The summed E-state index contributed by atoms with van der Waals surface area (Å²) in [7, 11) is 0.